The molecule has 0 aromatic carbocycles. The molecule has 0 aliphatic carbocycles. The van der Waals surface area contributed by atoms with E-state index in [1.165, 1.54) is 96.3 Å². The lowest BCUT2D eigenvalue weighted by Crippen LogP contribution is -2.42. The Morgan fingerprint density at radius 1 is 0.552 bits per heavy atom. The van der Waals surface area contributed by atoms with Gasteiger partial charge in [0.2, 0.25) is 0 Å². The fourth-order valence-electron chi connectivity index (χ4n) is 3.98. The van der Waals surface area contributed by atoms with Gasteiger partial charge in [-0.1, -0.05) is 103 Å². The number of unbranched alkanes of at least 4 members (excludes halogenated alkanes) is 14. The van der Waals surface area contributed by atoms with E-state index in [9.17, 15) is 0 Å². The van der Waals surface area contributed by atoms with Crippen molar-refractivity contribution >= 4 is 20.4 Å². The lowest BCUT2D eigenvalue weighted by molar-refractivity contribution is 0.122. The van der Waals surface area contributed by atoms with Gasteiger partial charge in [0, 0.05) is 32.8 Å². The Kier molecular flexibility index (Phi) is 21.9. The number of hydrogen-bond acceptors (Lipinski definition) is 3. The van der Waals surface area contributed by atoms with Crippen LogP contribution < -0.4 is 0 Å². The summed E-state index contributed by atoms with van der Waals surface area (Å²) in [5.41, 5.74) is 0. The van der Waals surface area contributed by atoms with Crippen molar-refractivity contribution in [3.8, 4) is 0 Å². The van der Waals surface area contributed by atoms with E-state index in [0.717, 1.165) is 25.3 Å². The number of hydrogen-bond donors (Lipinski definition) is 0. The van der Waals surface area contributed by atoms with E-state index in [1.807, 2.05) is 0 Å². The summed E-state index contributed by atoms with van der Waals surface area (Å²) in [6.07, 6.45) is 24.3. The van der Waals surface area contributed by atoms with Gasteiger partial charge in [0.25, 0.3) is 0 Å². The van der Waals surface area contributed by atoms with E-state index in [4.69, 9.17) is 24.9 Å². The zero-order chi connectivity index (χ0) is 21.6. The maximum absolute atomic E-state index is 6.49. The van der Waals surface area contributed by atoms with Crippen LogP contribution in [-0.2, 0) is 13.3 Å². The van der Waals surface area contributed by atoms with Gasteiger partial charge in [-0.15, -0.1) is 11.6 Å². The third kappa shape index (κ3) is 17.7. The van der Waals surface area contributed by atoms with E-state index in [-0.39, 0.29) is 5.38 Å². The molecule has 0 saturated carbocycles. The fourth-order valence-corrected chi connectivity index (χ4v) is 6.04. The fraction of sp³-hybridized carbons (Fsp3) is 1.00. The lowest BCUT2D eigenvalue weighted by Gasteiger charge is -2.24. The van der Waals surface area contributed by atoms with Crippen LogP contribution in [0.15, 0.2) is 0 Å². The molecule has 0 fully saturated rings. The molecule has 0 aliphatic heterocycles. The van der Waals surface area contributed by atoms with Crippen LogP contribution in [-0.4, -0.2) is 35.5 Å². The average molecular weight is 451 g/mol. The van der Waals surface area contributed by atoms with Gasteiger partial charge in [-0.05, 0) is 19.3 Å². The molecule has 3 nitrogen and oxygen atoms in total. The Hall–Kier alpha value is 0.387. The molecule has 0 amide bonds. The van der Waals surface area contributed by atoms with Crippen molar-refractivity contribution in [1.29, 1.82) is 0 Å². The smallest absolute Gasteiger partial charge is 0.377 e. The number of rotatable bonds is 23. The van der Waals surface area contributed by atoms with Crippen molar-refractivity contribution in [1.82, 2.24) is 0 Å². The maximum Gasteiger partial charge on any atom is 0.500 e. The minimum absolute atomic E-state index is 0.272. The molecule has 0 radical (unpaired) electrons. The van der Waals surface area contributed by atoms with Crippen LogP contribution in [0.4, 0.5) is 0 Å². The zero-order valence-electron chi connectivity index (χ0n) is 20.1. The van der Waals surface area contributed by atoms with Crippen molar-refractivity contribution in [3.63, 3.8) is 0 Å². The first-order valence-electron chi connectivity index (χ1n) is 12.4. The van der Waals surface area contributed by atoms with Gasteiger partial charge in [-0.2, -0.15) is 0 Å². The Bertz CT molecular complexity index is 319. The Morgan fingerprint density at radius 3 is 1.28 bits per heavy atom. The van der Waals surface area contributed by atoms with E-state index in [0.29, 0.717) is 0 Å². The molecule has 0 heterocycles. The zero-order valence-corrected chi connectivity index (χ0v) is 21.9. The standard InChI is InChI=1S/C24H51ClO3Si/c1-5-6-7-8-9-10-11-12-13-14-15-16-17-18-19-21-24(25)22-20-23-29(26-2,27-3)28-4/h24H,5-23H2,1-4H3. The first kappa shape index (κ1) is 29.4. The van der Waals surface area contributed by atoms with Crippen molar-refractivity contribution in [2.75, 3.05) is 21.3 Å². The molecule has 0 spiro atoms. The Labute approximate surface area is 189 Å². The molecule has 0 rings (SSSR count). The predicted octanol–water partition coefficient (Wildman–Crippen LogP) is 8.51. The molecule has 0 aromatic rings. The molecular weight excluding hydrogens is 400 g/mol. The van der Waals surface area contributed by atoms with Crippen LogP contribution in [0.25, 0.3) is 0 Å². The van der Waals surface area contributed by atoms with Gasteiger partial charge in [0.1, 0.15) is 0 Å². The van der Waals surface area contributed by atoms with Crippen molar-refractivity contribution in [2.45, 2.75) is 134 Å². The summed E-state index contributed by atoms with van der Waals surface area (Å²) >= 11 is 6.49. The molecule has 0 aliphatic rings. The van der Waals surface area contributed by atoms with Crippen LogP contribution in [0.5, 0.6) is 0 Å². The second-order valence-electron chi connectivity index (χ2n) is 8.52. The first-order chi connectivity index (χ1) is 14.1. The maximum atomic E-state index is 6.49. The van der Waals surface area contributed by atoms with Gasteiger partial charge >= 0.3 is 8.80 Å². The summed E-state index contributed by atoms with van der Waals surface area (Å²) in [6.45, 7) is 2.29. The van der Waals surface area contributed by atoms with Crippen LogP contribution in [0, 0.1) is 0 Å². The van der Waals surface area contributed by atoms with E-state index >= 15 is 0 Å². The second-order valence-corrected chi connectivity index (χ2v) is 12.2. The van der Waals surface area contributed by atoms with E-state index < -0.39 is 8.80 Å². The molecule has 5 heteroatoms. The summed E-state index contributed by atoms with van der Waals surface area (Å²) in [5, 5.41) is 0.272. The summed E-state index contributed by atoms with van der Waals surface area (Å²) in [5.74, 6) is 0. The predicted molar refractivity (Wildman–Crippen MR) is 130 cm³/mol. The van der Waals surface area contributed by atoms with Crippen LogP contribution in [0.3, 0.4) is 0 Å². The third-order valence-corrected chi connectivity index (χ3v) is 9.32. The lowest BCUT2D eigenvalue weighted by atomic mass is 10.0. The van der Waals surface area contributed by atoms with Crippen LogP contribution >= 0.6 is 11.6 Å². The summed E-state index contributed by atoms with van der Waals surface area (Å²) in [7, 11) is 2.60. The van der Waals surface area contributed by atoms with Gasteiger partial charge in [-0.25, -0.2) is 0 Å². The van der Waals surface area contributed by atoms with E-state index in [1.54, 1.807) is 21.3 Å². The molecule has 1 atom stereocenters. The van der Waals surface area contributed by atoms with Crippen molar-refractivity contribution in [2.24, 2.45) is 0 Å². The first-order valence-corrected chi connectivity index (χ1v) is 14.8. The third-order valence-electron chi connectivity index (χ3n) is 6.05. The number of halogens is 1. The SMILES string of the molecule is CCCCCCCCCCCCCCCCCC(Cl)CCC[Si](OC)(OC)OC. The summed E-state index contributed by atoms with van der Waals surface area (Å²) in [4.78, 5) is 0. The average Bonchev–Trinajstić information content (AvgIpc) is 2.74. The topological polar surface area (TPSA) is 27.7 Å². The monoisotopic (exact) mass is 450 g/mol. The van der Waals surface area contributed by atoms with Crippen molar-refractivity contribution < 1.29 is 13.3 Å². The van der Waals surface area contributed by atoms with Gasteiger partial charge in [0.15, 0.2) is 0 Å². The quantitative estimate of drug-likeness (QED) is 0.0886. The van der Waals surface area contributed by atoms with E-state index in [2.05, 4.69) is 6.92 Å². The van der Waals surface area contributed by atoms with Crippen LogP contribution in [0.2, 0.25) is 6.04 Å². The minimum Gasteiger partial charge on any atom is -0.377 e. The summed E-state index contributed by atoms with van der Waals surface area (Å²) in [6, 6.07) is 0.846. The highest BCUT2D eigenvalue weighted by Gasteiger charge is 2.36. The molecule has 0 bridgehead atoms. The molecule has 0 aromatic heterocycles. The van der Waals surface area contributed by atoms with Crippen molar-refractivity contribution in [3.05, 3.63) is 0 Å². The summed E-state index contributed by atoms with van der Waals surface area (Å²) < 4.78 is 16.4. The Morgan fingerprint density at radius 2 is 0.897 bits per heavy atom. The van der Waals surface area contributed by atoms with Gasteiger partial charge in [0.05, 0.1) is 0 Å². The van der Waals surface area contributed by atoms with Gasteiger partial charge < -0.3 is 13.3 Å². The number of alkyl halides is 1. The normalized spacial score (nSPS) is 13.1. The minimum atomic E-state index is -2.42. The highest BCUT2D eigenvalue weighted by Crippen LogP contribution is 2.21. The second kappa shape index (κ2) is 21.6. The molecule has 29 heavy (non-hydrogen) atoms. The van der Waals surface area contributed by atoms with Gasteiger partial charge in [-0.3, -0.25) is 0 Å². The molecule has 176 valence electrons. The highest BCUT2D eigenvalue weighted by molar-refractivity contribution is 6.60. The highest BCUT2D eigenvalue weighted by atomic mass is 35.5. The van der Waals surface area contributed by atoms with Crippen LogP contribution in [0.1, 0.15) is 122 Å². The largest absolute Gasteiger partial charge is 0.500 e. The molecule has 0 saturated heterocycles. The molecule has 1 unspecified atom stereocenters. The molecule has 0 N–H and O–H groups in total. The Balaban J connectivity index is 3.33. The molecular formula is C24H51ClO3Si.